The van der Waals surface area contributed by atoms with Crippen LogP contribution < -0.4 is 10.6 Å². The molecule has 1 aliphatic rings. The Morgan fingerprint density at radius 1 is 1.14 bits per heavy atom. The van der Waals surface area contributed by atoms with Crippen LogP contribution in [0.4, 0.5) is 0 Å². The summed E-state index contributed by atoms with van der Waals surface area (Å²) in [5, 5.41) is 8.42. The summed E-state index contributed by atoms with van der Waals surface area (Å²) in [4.78, 5) is 0. The van der Waals surface area contributed by atoms with Crippen LogP contribution in [-0.4, -0.2) is 17.1 Å². The third kappa shape index (κ3) is 4.70. The summed E-state index contributed by atoms with van der Waals surface area (Å²) in [6, 6.07) is 9.19. The van der Waals surface area contributed by atoms with Gasteiger partial charge in [-0.3, -0.25) is 0 Å². The molecule has 0 aromatic heterocycles. The Bertz CT molecular complexity index is 449. The topological polar surface area (TPSA) is 24.1 Å². The van der Waals surface area contributed by atoms with Crippen molar-refractivity contribution in [3.63, 3.8) is 0 Å². The highest BCUT2D eigenvalue weighted by Crippen LogP contribution is 2.30. The molecular weight excluding hydrogens is 280 g/mol. The van der Waals surface area contributed by atoms with E-state index in [2.05, 4.69) is 57.4 Å². The van der Waals surface area contributed by atoms with Crippen molar-refractivity contribution in [2.45, 2.75) is 77.0 Å². The zero-order chi connectivity index (χ0) is 15.7. The van der Waals surface area contributed by atoms with Crippen molar-refractivity contribution in [3.8, 4) is 0 Å². The van der Waals surface area contributed by atoms with Crippen molar-refractivity contribution < 1.29 is 0 Å². The van der Waals surface area contributed by atoms with Crippen LogP contribution >= 0.6 is 11.6 Å². The number of halogens is 1. The van der Waals surface area contributed by atoms with E-state index in [0.29, 0.717) is 12.1 Å². The van der Waals surface area contributed by atoms with Crippen molar-refractivity contribution in [1.82, 2.24) is 10.6 Å². The van der Waals surface area contributed by atoms with Crippen LogP contribution in [0.25, 0.3) is 0 Å². The fourth-order valence-corrected chi connectivity index (χ4v) is 4.00. The monoisotopic (exact) mass is 308 g/mol. The maximum absolute atomic E-state index is 6.00. The number of piperidine rings is 1. The molecule has 0 bridgehead atoms. The smallest absolute Gasteiger partial charge is 0.0406 e. The molecule has 0 aliphatic carbocycles. The maximum atomic E-state index is 6.00. The zero-order valence-corrected chi connectivity index (χ0v) is 14.7. The first-order valence-electron chi connectivity index (χ1n) is 8.02. The molecule has 0 spiro atoms. The van der Waals surface area contributed by atoms with E-state index in [9.17, 15) is 0 Å². The van der Waals surface area contributed by atoms with Gasteiger partial charge in [-0.2, -0.15) is 0 Å². The van der Waals surface area contributed by atoms with Gasteiger partial charge in [0.15, 0.2) is 0 Å². The Morgan fingerprint density at radius 3 is 2.14 bits per heavy atom. The molecule has 1 aliphatic heterocycles. The van der Waals surface area contributed by atoms with Gasteiger partial charge >= 0.3 is 0 Å². The summed E-state index contributed by atoms with van der Waals surface area (Å²) in [5.74, 6) is 0. The lowest BCUT2D eigenvalue weighted by Crippen LogP contribution is -2.61. The van der Waals surface area contributed by atoms with E-state index in [1.807, 2.05) is 12.1 Å². The molecule has 2 nitrogen and oxygen atoms in total. The van der Waals surface area contributed by atoms with Gasteiger partial charge in [0.2, 0.25) is 0 Å². The van der Waals surface area contributed by atoms with Crippen LogP contribution in [0, 0.1) is 0 Å². The van der Waals surface area contributed by atoms with Gasteiger partial charge in [0, 0.05) is 28.2 Å². The highest BCUT2D eigenvalue weighted by Gasteiger charge is 2.38. The minimum Gasteiger partial charge on any atom is -0.307 e. The van der Waals surface area contributed by atoms with Gasteiger partial charge in [0.25, 0.3) is 0 Å². The number of hydrogen-bond acceptors (Lipinski definition) is 2. The number of benzene rings is 1. The van der Waals surface area contributed by atoms with E-state index >= 15 is 0 Å². The fourth-order valence-electron chi connectivity index (χ4n) is 3.87. The Labute approximate surface area is 134 Å². The maximum Gasteiger partial charge on any atom is 0.0406 e. The molecule has 1 heterocycles. The lowest BCUT2D eigenvalue weighted by molar-refractivity contribution is 0.139. The minimum absolute atomic E-state index is 0.178. The van der Waals surface area contributed by atoms with E-state index in [4.69, 9.17) is 11.6 Å². The van der Waals surface area contributed by atoms with Crippen molar-refractivity contribution >= 4 is 11.6 Å². The van der Waals surface area contributed by atoms with E-state index < -0.39 is 0 Å². The average molecular weight is 309 g/mol. The van der Waals surface area contributed by atoms with Crippen LogP contribution in [-0.2, 0) is 0 Å². The molecule has 0 saturated carbocycles. The summed E-state index contributed by atoms with van der Waals surface area (Å²) in [6.07, 6.45) is 3.40. The van der Waals surface area contributed by atoms with Crippen molar-refractivity contribution in [3.05, 3.63) is 34.9 Å². The molecule has 1 atom stereocenters. The zero-order valence-electron chi connectivity index (χ0n) is 14.0. The van der Waals surface area contributed by atoms with E-state index in [0.717, 1.165) is 24.3 Å². The Morgan fingerprint density at radius 2 is 1.67 bits per heavy atom. The van der Waals surface area contributed by atoms with Gasteiger partial charge in [-0.1, -0.05) is 30.7 Å². The third-order valence-electron chi connectivity index (χ3n) is 4.31. The molecule has 1 aromatic carbocycles. The molecule has 1 aromatic rings. The summed E-state index contributed by atoms with van der Waals surface area (Å²) in [5.41, 5.74) is 1.69. The van der Waals surface area contributed by atoms with Gasteiger partial charge in [-0.05, 0) is 64.7 Å². The Hall–Kier alpha value is -0.570. The van der Waals surface area contributed by atoms with E-state index in [1.54, 1.807) is 0 Å². The average Bonchev–Trinajstić information content (AvgIpc) is 2.33. The molecule has 2 N–H and O–H groups in total. The first-order chi connectivity index (χ1) is 9.71. The number of hydrogen-bond donors (Lipinski definition) is 2. The van der Waals surface area contributed by atoms with Gasteiger partial charge < -0.3 is 10.6 Å². The summed E-state index contributed by atoms with van der Waals surface area (Å²) in [6.45, 7) is 11.4. The van der Waals surface area contributed by atoms with E-state index in [-0.39, 0.29) is 11.1 Å². The molecule has 1 fully saturated rings. The first kappa shape index (κ1) is 16.8. The summed E-state index contributed by atoms with van der Waals surface area (Å²) >= 11 is 6.00. The molecule has 2 rings (SSSR count). The largest absolute Gasteiger partial charge is 0.307 e. The predicted octanol–water partition coefficient (Wildman–Crippen LogP) is 4.69. The van der Waals surface area contributed by atoms with Crippen molar-refractivity contribution in [2.24, 2.45) is 0 Å². The van der Waals surface area contributed by atoms with Gasteiger partial charge in [-0.25, -0.2) is 0 Å². The molecular formula is C18H29ClN2. The van der Waals surface area contributed by atoms with Gasteiger partial charge in [0.1, 0.15) is 0 Å². The van der Waals surface area contributed by atoms with Crippen molar-refractivity contribution in [1.29, 1.82) is 0 Å². The number of rotatable bonds is 4. The second kappa shape index (κ2) is 6.28. The van der Waals surface area contributed by atoms with Crippen molar-refractivity contribution in [2.75, 3.05) is 0 Å². The second-order valence-corrected chi connectivity index (χ2v) is 8.11. The highest BCUT2D eigenvalue weighted by atomic mass is 35.5. The first-order valence-corrected chi connectivity index (χ1v) is 8.39. The predicted molar refractivity (Wildman–Crippen MR) is 91.9 cm³/mol. The summed E-state index contributed by atoms with van der Waals surface area (Å²) in [7, 11) is 0. The van der Waals surface area contributed by atoms with Crippen LogP contribution in [0.15, 0.2) is 24.3 Å². The van der Waals surface area contributed by atoms with Gasteiger partial charge in [-0.15, -0.1) is 0 Å². The Balaban J connectivity index is 2.09. The molecule has 118 valence electrons. The van der Waals surface area contributed by atoms with Crippen LogP contribution in [0.3, 0.4) is 0 Å². The molecule has 21 heavy (non-hydrogen) atoms. The fraction of sp³-hybridized carbons (Fsp3) is 0.667. The van der Waals surface area contributed by atoms with Crippen LogP contribution in [0.5, 0.6) is 0 Å². The Kier molecular flexibility index (Phi) is 5.02. The van der Waals surface area contributed by atoms with E-state index in [1.165, 1.54) is 5.56 Å². The second-order valence-electron chi connectivity index (χ2n) is 7.68. The lowest BCUT2D eigenvalue weighted by Gasteiger charge is -2.47. The molecule has 3 heteroatoms. The molecule has 0 amide bonds. The normalized spacial score (nSPS) is 23.0. The highest BCUT2D eigenvalue weighted by molar-refractivity contribution is 6.30. The summed E-state index contributed by atoms with van der Waals surface area (Å²) < 4.78 is 0. The van der Waals surface area contributed by atoms with Crippen LogP contribution in [0.2, 0.25) is 5.02 Å². The molecule has 1 saturated heterocycles. The van der Waals surface area contributed by atoms with Gasteiger partial charge in [0.05, 0.1) is 0 Å². The standard InChI is InChI=1S/C18H29ClN2/c1-6-16(13-7-9-14(19)10-8-13)20-15-11-17(2,3)21-18(4,5)12-15/h7-10,15-16,20-21H,6,11-12H2,1-5H3. The number of nitrogens with one attached hydrogen (secondary N) is 2. The lowest BCUT2D eigenvalue weighted by atomic mass is 9.79. The minimum atomic E-state index is 0.178. The quantitative estimate of drug-likeness (QED) is 0.843. The molecule has 0 radical (unpaired) electrons. The third-order valence-corrected chi connectivity index (χ3v) is 4.56. The SMILES string of the molecule is CCC(NC1CC(C)(C)NC(C)(C)C1)c1ccc(Cl)cc1. The van der Waals surface area contributed by atoms with Crippen LogP contribution in [0.1, 0.15) is 65.5 Å². The molecule has 1 unspecified atom stereocenters.